The molecule has 0 amide bonds. The third kappa shape index (κ3) is 9.60. The van der Waals surface area contributed by atoms with E-state index in [1.165, 1.54) is 30.3 Å². The van der Waals surface area contributed by atoms with Crippen molar-refractivity contribution in [2.24, 2.45) is 5.92 Å². The summed E-state index contributed by atoms with van der Waals surface area (Å²) in [6, 6.07) is 12.0. The molecule has 0 heterocycles. The Labute approximate surface area is 205 Å². The SMILES string of the molecule is CCCCCCCC(=O)c1ccc(OC(=O)OCC(C)C)c(C(=O)OOC(=O)c2ccccc2)c1. The van der Waals surface area contributed by atoms with Gasteiger partial charge in [-0.05, 0) is 42.7 Å². The van der Waals surface area contributed by atoms with Gasteiger partial charge in [-0.3, -0.25) is 4.79 Å². The van der Waals surface area contributed by atoms with Crippen molar-refractivity contribution in [2.45, 2.75) is 59.3 Å². The minimum absolute atomic E-state index is 0.0849. The molecule has 0 N–H and O–H groups in total. The zero-order chi connectivity index (χ0) is 25.6. The first-order valence-corrected chi connectivity index (χ1v) is 11.8. The Bertz CT molecular complexity index is 997. The molecular formula is C27H32O8. The van der Waals surface area contributed by atoms with Gasteiger partial charge >= 0.3 is 18.1 Å². The van der Waals surface area contributed by atoms with Crippen LogP contribution in [0.25, 0.3) is 0 Å². The van der Waals surface area contributed by atoms with Gasteiger partial charge in [0.05, 0.1) is 12.2 Å². The van der Waals surface area contributed by atoms with Crippen molar-refractivity contribution in [3.63, 3.8) is 0 Å². The smallest absolute Gasteiger partial charge is 0.434 e. The summed E-state index contributed by atoms with van der Waals surface area (Å²) in [6.07, 6.45) is 4.25. The number of hydrogen-bond acceptors (Lipinski definition) is 8. The molecule has 0 aliphatic carbocycles. The van der Waals surface area contributed by atoms with Crippen LogP contribution in [0.4, 0.5) is 4.79 Å². The molecule has 0 aromatic heterocycles. The van der Waals surface area contributed by atoms with E-state index in [0.29, 0.717) is 6.42 Å². The molecule has 0 aliphatic heterocycles. The van der Waals surface area contributed by atoms with E-state index in [0.717, 1.165) is 32.1 Å². The van der Waals surface area contributed by atoms with Crippen molar-refractivity contribution in [3.8, 4) is 5.75 Å². The zero-order valence-corrected chi connectivity index (χ0v) is 20.4. The summed E-state index contributed by atoms with van der Waals surface area (Å²) >= 11 is 0. The molecule has 2 aromatic rings. The minimum Gasteiger partial charge on any atom is -0.434 e. The molecule has 2 rings (SSSR count). The monoisotopic (exact) mass is 484 g/mol. The summed E-state index contributed by atoms with van der Waals surface area (Å²) in [7, 11) is 0. The highest BCUT2D eigenvalue weighted by Gasteiger charge is 2.23. The molecule has 2 aromatic carbocycles. The maximum Gasteiger partial charge on any atom is 0.513 e. The number of carbonyl (C=O) groups is 4. The van der Waals surface area contributed by atoms with Gasteiger partial charge in [-0.1, -0.05) is 64.7 Å². The van der Waals surface area contributed by atoms with Gasteiger partial charge in [0.25, 0.3) is 0 Å². The van der Waals surface area contributed by atoms with E-state index in [1.54, 1.807) is 18.2 Å². The Morgan fingerprint density at radius 1 is 0.800 bits per heavy atom. The fourth-order valence-corrected chi connectivity index (χ4v) is 3.08. The molecular weight excluding hydrogens is 452 g/mol. The first-order chi connectivity index (χ1) is 16.8. The van der Waals surface area contributed by atoms with E-state index in [4.69, 9.17) is 14.4 Å². The van der Waals surface area contributed by atoms with Gasteiger partial charge in [0.15, 0.2) is 5.78 Å². The second-order valence-electron chi connectivity index (χ2n) is 8.46. The lowest BCUT2D eigenvalue weighted by molar-refractivity contribution is -0.187. The second kappa shape index (κ2) is 14.6. The van der Waals surface area contributed by atoms with Crippen LogP contribution in [0, 0.1) is 5.92 Å². The summed E-state index contributed by atoms with van der Waals surface area (Å²) < 4.78 is 10.2. The van der Waals surface area contributed by atoms with E-state index in [9.17, 15) is 19.2 Å². The van der Waals surface area contributed by atoms with Crippen molar-refractivity contribution in [1.29, 1.82) is 0 Å². The lowest BCUT2D eigenvalue weighted by atomic mass is 10.0. The Hall–Kier alpha value is -3.68. The standard InChI is InChI=1S/C27H32O8/c1-4-5-6-7-11-14-23(28)21-15-16-24(33-27(31)32-18-19(2)3)22(17-21)26(30)35-34-25(29)20-12-9-8-10-13-20/h8-10,12-13,15-17,19H,4-7,11,14,18H2,1-3H3. The van der Waals surface area contributed by atoms with E-state index in [2.05, 4.69) is 11.8 Å². The maximum atomic E-state index is 12.7. The Morgan fingerprint density at radius 2 is 1.49 bits per heavy atom. The van der Waals surface area contributed by atoms with Crippen LogP contribution in [0.2, 0.25) is 0 Å². The number of ether oxygens (including phenoxy) is 2. The van der Waals surface area contributed by atoms with Gasteiger partial charge in [0, 0.05) is 12.0 Å². The van der Waals surface area contributed by atoms with Crippen molar-refractivity contribution in [3.05, 3.63) is 65.2 Å². The van der Waals surface area contributed by atoms with Crippen LogP contribution >= 0.6 is 0 Å². The van der Waals surface area contributed by atoms with Gasteiger partial charge in [0.2, 0.25) is 0 Å². The quantitative estimate of drug-likeness (QED) is 0.0859. The molecule has 0 atom stereocenters. The molecule has 0 radical (unpaired) electrons. The first kappa shape index (κ1) is 27.6. The van der Waals surface area contributed by atoms with Crippen LogP contribution in [0.1, 0.15) is 90.4 Å². The Kier molecular flexibility index (Phi) is 11.5. The molecule has 0 spiro atoms. The van der Waals surface area contributed by atoms with E-state index < -0.39 is 18.1 Å². The van der Waals surface area contributed by atoms with Crippen LogP contribution < -0.4 is 4.74 Å². The van der Waals surface area contributed by atoms with Gasteiger partial charge < -0.3 is 9.47 Å². The highest BCUT2D eigenvalue weighted by atomic mass is 17.2. The van der Waals surface area contributed by atoms with Crippen molar-refractivity contribution in [1.82, 2.24) is 0 Å². The summed E-state index contributed by atoms with van der Waals surface area (Å²) in [5.74, 6) is -2.23. The number of carbonyl (C=O) groups excluding carboxylic acids is 4. The Morgan fingerprint density at radius 3 is 2.17 bits per heavy atom. The number of benzene rings is 2. The molecule has 0 bridgehead atoms. The number of Topliss-reactive ketones (excluding diaryl/α,β-unsaturated/α-hetero) is 1. The zero-order valence-electron chi connectivity index (χ0n) is 20.4. The van der Waals surface area contributed by atoms with Crippen LogP contribution in [-0.2, 0) is 14.5 Å². The molecule has 0 saturated carbocycles. The van der Waals surface area contributed by atoms with Crippen LogP contribution in [-0.4, -0.2) is 30.5 Å². The largest absolute Gasteiger partial charge is 0.513 e. The average Bonchev–Trinajstić information content (AvgIpc) is 2.86. The van der Waals surface area contributed by atoms with Crippen molar-refractivity contribution < 1.29 is 38.4 Å². The normalized spacial score (nSPS) is 10.5. The molecule has 8 heteroatoms. The summed E-state index contributed by atoms with van der Waals surface area (Å²) in [4.78, 5) is 58.8. The lowest BCUT2D eigenvalue weighted by Crippen LogP contribution is -2.18. The fourth-order valence-electron chi connectivity index (χ4n) is 3.08. The van der Waals surface area contributed by atoms with E-state index in [-0.39, 0.29) is 40.7 Å². The van der Waals surface area contributed by atoms with Gasteiger partial charge in [-0.15, -0.1) is 0 Å². The van der Waals surface area contributed by atoms with Crippen LogP contribution in [0.15, 0.2) is 48.5 Å². The van der Waals surface area contributed by atoms with Crippen molar-refractivity contribution >= 4 is 23.9 Å². The van der Waals surface area contributed by atoms with E-state index in [1.807, 2.05) is 13.8 Å². The Balaban J connectivity index is 2.14. The third-order valence-electron chi connectivity index (χ3n) is 4.96. The topological polar surface area (TPSA) is 105 Å². The van der Waals surface area contributed by atoms with Gasteiger partial charge in [-0.25, -0.2) is 24.2 Å². The lowest BCUT2D eigenvalue weighted by Gasteiger charge is -2.12. The number of ketones is 1. The minimum atomic E-state index is -1.10. The predicted octanol–water partition coefficient (Wildman–Crippen LogP) is 6.33. The number of hydrogen-bond donors (Lipinski definition) is 0. The highest BCUT2D eigenvalue weighted by molar-refractivity contribution is 6.01. The molecule has 8 nitrogen and oxygen atoms in total. The number of unbranched alkanes of at least 4 members (excludes halogenated alkanes) is 4. The molecule has 0 fully saturated rings. The van der Waals surface area contributed by atoms with Crippen molar-refractivity contribution in [2.75, 3.05) is 6.61 Å². The average molecular weight is 485 g/mol. The molecule has 0 saturated heterocycles. The van der Waals surface area contributed by atoms with Crippen LogP contribution in [0.3, 0.4) is 0 Å². The predicted molar refractivity (Wildman–Crippen MR) is 128 cm³/mol. The second-order valence-corrected chi connectivity index (χ2v) is 8.46. The third-order valence-corrected chi connectivity index (χ3v) is 4.96. The van der Waals surface area contributed by atoms with Gasteiger partial charge in [0.1, 0.15) is 11.3 Å². The van der Waals surface area contributed by atoms with Crippen LogP contribution in [0.5, 0.6) is 5.75 Å². The highest BCUT2D eigenvalue weighted by Crippen LogP contribution is 2.24. The molecule has 0 aliphatic rings. The summed E-state index contributed by atoms with van der Waals surface area (Å²) in [6.45, 7) is 5.96. The maximum absolute atomic E-state index is 12.7. The van der Waals surface area contributed by atoms with E-state index >= 15 is 0 Å². The summed E-state index contributed by atoms with van der Waals surface area (Å²) in [5.41, 5.74) is 0.190. The number of rotatable bonds is 12. The molecule has 35 heavy (non-hydrogen) atoms. The molecule has 188 valence electrons. The van der Waals surface area contributed by atoms with Gasteiger partial charge in [-0.2, -0.15) is 0 Å². The fraction of sp³-hybridized carbons (Fsp3) is 0.407. The first-order valence-electron chi connectivity index (χ1n) is 11.8. The summed E-state index contributed by atoms with van der Waals surface area (Å²) in [5, 5.41) is 0. The molecule has 0 unspecified atom stereocenters.